The minimum absolute atomic E-state index is 0.0110. The molecule has 0 saturated carbocycles. The van der Waals surface area contributed by atoms with Gasteiger partial charge in [0.25, 0.3) is 20.0 Å². The molecule has 0 spiro atoms. The molecule has 0 fully saturated rings. The molecule has 2 N–H and O–H groups in total. The molecule has 0 amide bonds. The van der Waals surface area contributed by atoms with E-state index in [4.69, 9.17) is 4.74 Å². The maximum absolute atomic E-state index is 13.4. The SMILES string of the molecule is COc1ccc(NS(=O)(=O)c2cccc(F)c2)cc1NS(=O)(=O)c1ccc(F)cc1. The zero-order chi connectivity index (χ0) is 21.9. The molecule has 0 atom stereocenters. The Balaban J connectivity index is 1.93. The summed E-state index contributed by atoms with van der Waals surface area (Å²) in [6, 6.07) is 12.5. The highest BCUT2D eigenvalue weighted by atomic mass is 32.2. The van der Waals surface area contributed by atoms with Gasteiger partial charge in [-0.15, -0.1) is 0 Å². The van der Waals surface area contributed by atoms with E-state index in [-0.39, 0.29) is 26.9 Å². The number of nitrogens with one attached hydrogen (secondary N) is 2. The summed E-state index contributed by atoms with van der Waals surface area (Å²) in [5.74, 6) is -1.20. The van der Waals surface area contributed by atoms with E-state index < -0.39 is 31.7 Å². The van der Waals surface area contributed by atoms with E-state index in [0.717, 1.165) is 36.4 Å². The second-order valence-electron chi connectivity index (χ2n) is 6.04. The Bertz CT molecular complexity index is 1280. The number of hydrogen-bond donors (Lipinski definition) is 2. The van der Waals surface area contributed by atoms with Gasteiger partial charge in [0.2, 0.25) is 0 Å². The molecule has 11 heteroatoms. The van der Waals surface area contributed by atoms with Crippen molar-refractivity contribution in [2.75, 3.05) is 16.6 Å². The van der Waals surface area contributed by atoms with Crippen LogP contribution in [0.15, 0.2) is 76.5 Å². The summed E-state index contributed by atoms with van der Waals surface area (Å²) in [7, 11) is -6.92. The Morgan fingerprint density at radius 2 is 1.40 bits per heavy atom. The lowest BCUT2D eigenvalue weighted by molar-refractivity contribution is 0.417. The molecule has 0 radical (unpaired) electrons. The van der Waals surface area contributed by atoms with Gasteiger partial charge in [0.15, 0.2) is 0 Å². The van der Waals surface area contributed by atoms with Crippen molar-refractivity contribution < 1.29 is 30.4 Å². The summed E-state index contributed by atoms with van der Waals surface area (Å²) in [4.78, 5) is -0.497. The number of ether oxygens (including phenoxy) is 1. The molecule has 3 rings (SSSR count). The topological polar surface area (TPSA) is 102 Å². The molecule has 0 heterocycles. The standard InChI is InChI=1S/C19H16F2N2O5S2/c1-28-19-10-7-15(22-30(26,27)17-4-2-3-14(21)11-17)12-18(19)23-29(24,25)16-8-5-13(20)6-9-16/h2-12,22-23H,1H3. The van der Waals surface area contributed by atoms with E-state index in [1.165, 1.54) is 37.4 Å². The Labute approximate surface area is 172 Å². The van der Waals surface area contributed by atoms with Crippen LogP contribution in [0.25, 0.3) is 0 Å². The summed E-state index contributed by atoms with van der Waals surface area (Å²) in [6.07, 6.45) is 0. The van der Waals surface area contributed by atoms with Gasteiger partial charge in [-0.1, -0.05) is 6.07 Å². The van der Waals surface area contributed by atoms with Gasteiger partial charge in [0.05, 0.1) is 28.3 Å². The van der Waals surface area contributed by atoms with Crippen molar-refractivity contribution in [2.45, 2.75) is 9.79 Å². The van der Waals surface area contributed by atoms with Crippen LogP contribution in [0.4, 0.5) is 20.2 Å². The molecule has 158 valence electrons. The Morgan fingerprint density at radius 3 is 2.03 bits per heavy atom. The first-order chi connectivity index (χ1) is 14.1. The van der Waals surface area contributed by atoms with Gasteiger partial charge in [-0.3, -0.25) is 9.44 Å². The Kier molecular flexibility index (Phi) is 5.94. The Hall–Kier alpha value is -3.18. The molecule has 0 unspecified atom stereocenters. The second kappa shape index (κ2) is 8.28. The van der Waals surface area contributed by atoms with Gasteiger partial charge in [-0.25, -0.2) is 25.6 Å². The van der Waals surface area contributed by atoms with Crippen LogP contribution in [0.3, 0.4) is 0 Å². The third-order valence-electron chi connectivity index (χ3n) is 3.93. The van der Waals surface area contributed by atoms with Crippen LogP contribution in [0.2, 0.25) is 0 Å². The van der Waals surface area contributed by atoms with Crippen LogP contribution >= 0.6 is 0 Å². The van der Waals surface area contributed by atoms with Crippen molar-refractivity contribution in [3.05, 3.63) is 78.4 Å². The molecule has 0 saturated heterocycles. The van der Waals surface area contributed by atoms with Crippen molar-refractivity contribution >= 4 is 31.4 Å². The van der Waals surface area contributed by atoms with Crippen LogP contribution in [0.1, 0.15) is 0 Å². The maximum Gasteiger partial charge on any atom is 0.262 e. The second-order valence-corrected chi connectivity index (χ2v) is 9.40. The average molecular weight is 454 g/mol. The largest absolute Gasteiger partial charge is 0.495 e. The lowest BCUT2D eigenvalue weighted by Gasteiger charge is -2.14. The van der Waals surface area contributed by atoms with Gasteiger partial charge in [-0.05, 0) is 60.7 Å². The Morgan fingerprint density at radius 1 is 0.733 bits per heavy atom. The summed E-state index contributed by atoms with van der Waals surface area (Å²) >= 11 is 0. The molecule has 0 aliphatic carbocycles. The summed E-state index contributed by atoms with van der Waals surface area (Å²) in [5.41, 5.74) is -0.0434. The number of hydrogen-bond acceptors (Lipinski definition) is 5. The predicted octanol–water partition coefficient (Wildman–Crippen LogP) is 3.58. The van der Waals surface area contributed by atoms with E-state index in [1.54, 1.807) is 0 Å². The van der Waals surface area contributed by atoms with Crippen LogP contribution in [-0.4, -0.2) is 23.9 Å². The molecule has 3 aromatic rings. The van der Waals surface area contributed by atoms with Gasteiger partial charge in [-0.2, -0.15) is 0 Å². The zero-order valence-electron chi connectivity index (χ0n) is 15.5. The summed E-state index contributed by atoms with van der Waals surface area (Å²) < 4.78 is 86.2. The zero-order valence-corrected chi connectivity index (χ0v) is 17.1. The molecular formula is C19H16F2N2O5S2. The molecule has 30 heavy (non-hydrogen) atoms. The maximum atomic E-state index is 13.4. The van der Waals surface area contributed by atoms with Crippen molar-refractivity contribution in [1.29, 1.82) is 0 Å². The first kappa shape index (κ1) is 21.5. The summed E-state index contributed by atoms with van der Waals surface area (Å²) in [5, 5.41) is 0. The van der Waals surface area contributed by atoms with E-state index in [1.807, 2.05) is 0 Å². The number of anilines is 2. The van der Waals surface area contributed by atoms with E-state index >= 15 is 0 Å². The minimum Gasteiger partial charge on any atom is -0.495 e. The number of halogens is 2. The highest BCUT2D eigenvalue weighted by Crippen LogP contribution is 2.31. The molecule has 0 aliphatic rings. The van der Waals surface area contributed by atoms with Crippen LogP contribution in [0, 0.1) is 11.6 Å². The number of sulfonamides is 2. The van der Waals surface area contributed by atoms with Crippen molar-refractivity contribution in [1.82, 2.24) is 0 Å². The lowest BCUT2D eigenvalue weighted by Crippen LogP contribution is -2.15. The van der Waals surface area contributed by atoms with E-state index in [2.05, 4.69) is 9.44 Å². The third-order valence-corrected chi connectivity index (χ3v) is 6.69. The van der Waals surface area contributed by atoms with Crippen molar-refractivity contribution in [3.8, 4) is 5.75 Å². The lowest BCUT2D eigenvalue weighted by atomic mass is 10.2. The summed E-state index contributed by atoms with van der Waals surface area (Å²) in [6.45, 7) is 0. The molecule has 0 aromatic heterocycles. The van der Waals surface area contributed by atoms with Gasteiger partial charge in [0, 0.05) is 0 Å². The van der Waals surface area contributed by atoms with Crippen LogP contribution < -0.4 is 14.2 Å². The van der Waals surface area contributed by atoms with Gasteiger partial charge >= 0.3 is 0 Å². The smallest absolute Gasteiger partial charge is 0.262 e. The highest BCUT2D eigenvalue weighted by molar-refractivity contribution is 7.93. The monoisotopic (exact) mass is 454 g/mol. The first-order valence-electron chi connectivity index (χ1n) is 8.35. The first-order valence-corrected chi connectivity index (χ1v) is 11.3. The average Bonchev–Trinajstić information content (AvgIpc) is 2.68. The third kappa shape index (κ3) is 4.86. The number of benzene rings is 3. The minimum atomic E-state index is -4.12. The van der Waals surface area contributed by atoms with Crippen molar-refractivity contribution in [2.24, 2.45) is 0 Å². The van der Waals surface area contributed by atoms with Crippen LogP contribution in [0.5, 0.6) is 5.75 Å². The number of methoxy groups -OCH3 is 1. The van der Waals surface area contributed by atoms with E-state index in [0.29, 0.717) is 0 Å². The van der Waals surface area contributed by atoms with Gasteiger partial charge in [0.1, 0.15) is 17.4 Å². The van der Waals surface area contributed by atoms with Gasteiger partial charge < -0.3 is 4.74 Å². The molecule has 7 nitrogen and oxygen atoms in total. The molecular weight excluding hydrogens is 438 g/mol. The van der Waals surface area contributed by atoms with Crippen molar-refractivity contribution in [3.63, 3.8) is 0 Å². The highest BCUT2D eigenvalue weighted by Gasteiger charge is 2.19. The predicted molar refractivity (Wildman–Crippen MR) is 107 cm³/mol. The number of rotatable bonds is 7. The fraction of sp³-hybridized carbons (Fsp3) is 0.0526. The molecule has 0 aliphatic heterocycles. The quantitative estimate of drug-likeness (QED) is 0.568. The fourth-order valence-electron chi connectivity index (χ4n) is 2.52. The van der Waals surface area contributed by atoms with E-state index in [9.17, 15) is 25.6 Å². The fourth-order valence-corrected chi connectivity index (χ4v) is 4.66. The molecule has 0 bridgehead atoms. The normalized spacial score (nSPS) is 11.7. The molecule has 3 aromatic carbocycles. The van der Waals surface area contributed by atoms with Crippen LogP contribution in [-0.2, 0) is 20.0 Å².